The van der Waals surface area contributed by atoms with Gasteiger partial charge in [-0.3, -0.25) is 0 Å². The summed E-state index contributed by atoms with van der Waals surface area (Å²) in [5.74, 6) is 0. The van der Waals surface area contributed by atoms with E-state index in [1.807, 2.05) is 24.3 Å². The number of rotatable bonds is 2. The van der Waals surface area contributed by atoms with Crippen LogP contribution >= 0.6 is 0 Å². The fraction of sp³-hybridized carbons (Fsp3) is 0.0435. The number of para-hydroxylation sites is 2. The van der Waals surface area contributed by atoms with Crippen LogP contribution in [-0.4, -0.2) is 4.57 Å². The number of furan rings is 1. The Kier molecular flexibility index (Phi) is 2.89. The molecule has 0 spiro atoms. The molecule has 0 amide bonds. The van der Waals surface area contributed by atoms with E-state index in [-0.39, 0.29) is 0 Å². The summed E-state index contributed by atoms with van der Waals surface area (Å²) in [7, 11) is 0. The summed E-state index contributed by atoms with van der Waals surface area (Å²) >= 11 is 0. The van der Waals surface area contributed by atoms with Gasteiger partial charge in [0, 0.05) is 33.1 Å². The van der Waals surface area contributed by atoms with Crippen molar-refractivity contribution >= 4 is 38.9 Å². The summed E-state index contributed by atoms with van der Waals surface area (Å²) in [6, 6.07) is 22.9. The van der Waals surface area contributed by atoms with Gasteiger partial charge < -0.3 is 8.98 Å². The predicted octanol–water partition coefficient (Wildman–Crippen LogP) is 6.48. The molecule has 0 aliphatic heterocycles. The number of aromatic nitrogens is 1. The lowest BCUT2D eigenvalue weighted by atomic mass is 10.0. The molecule has 2 aromatic heterocycles. The lowest BCUT2D eigenvalue weighted by Gasteiger charge is -2.08. The fourth-order valence-electron chi connectivity index (χ4n) is 3.91. The second kappa shape index (κ2) is 5.12. The predicted molar refractivity (Wildman–Crippen MR) is 105 cm³/mol. The van der Waals surface area contributed by atoms with Crippen LogP contribution in [0.2, 0.25) is 0 Å². The molecule has 120 valence electrons. The Labute approximate surface area is 145 Å². The van der Waals surface area contributed by atoms with E-state index in [0.29, 0.717) is 0 Å². The van der Waals surface area contributed by atoms with Crippen LogP contribution in [0.5, 0.6) is 0 Å². The van der Waals surface area contributed by atoms with Gasteiger partial charge in [-0.15, -0.1) is 0 Å². The highest BCUT2D eigenvalue weighted by molar-refractivity contribution is 6.21. The van der Waals surface area contributed by atoms with Crippen molar-refractivity contribution in [2.45, 2.75) is 6.92 Å². The Morgan fingerprint density at radius 3 is 2.40 bits per heavy atom. The van der Waals surface area contributed by atoms with Crippen molar-refractivity contribution in [3.05, 3.63) is 84.6 Å². The van der Waals surface area contributed by atoms with Gasteiger partial charge in [-0.2, -0.15) is 0 Å². The summed E-state index contributed by atoms with van der Waals surface area (Å²) < 4.78 is 8.37. The minimum Gasteiger partial charge on any atom is -0.456 e. The molecule has 2 heterocycles. The Hall–Kier alpha value is -3.26. The van der Waals surface area contributed by atoms with Crippen molar-refractivity contribution in [2.24, 2.45) is 0 Å². The smallest absolute Gasteiger partial charge is 0.136 e. The molecule has 3 aromatic carbocycles. The maximum atomic E-state index is 6.07. The number of fused-ring (bicyclic) bond motifs is 5. The van der Waals surface area contributed by atoms with Crippen LogP contribution in [0.3, 0.4) is 0 Å². The third-order valence-electron chi connectivity index (χ3n) is 4.98. The second-order valence-electron chi connectivity index (χ2n) is 6.31. The molecule has 0 N–H and O–H groups in total. The van der Waals surface area contributed by atoms with E-state index in [0.717, 1.165) is 27.8 Å². The van der Waals surface area contributed by atoms with Crippen molar-refractivity contribution < 1.29 is 4.42 Å². The molecule has 0 radical (unpaired) electrons. The molecule has 0 saturated carbocycles. The first kappa shape index (κ1) is 14.1. The lowest BCUT2D eigenvalue weighted by Crippen LogP contribution is -1.95. The zero-order valence-electron chi connectivity index (χ0n) is 14.0. The molecule has 0 aliphatic carbocycles. The maximum absolute atomic E-state index is 6.07. The van der Waals surface area contributed by atoms with Crippen LogP contribution in [-0.2, 0) is 0 Å². The Balaban J connectivity index is 2.04. The molecule has 0 fully saturated rings. The molecule has 5 aromatic rings. The Morgan fingerprint density at radius 1 is 0.840 bits per heavy atom. The summed E-state index contributed by atoms with van der Waals surface area (Å²) in [5, 5.41) is 3.52. The molecule has 0 bridgehead atoms. The summed E-state index contributed by atoms with van der Waals surface area (Å²) in [6.07, 6.45) is 1.96. The van der Waals surface area contributed by atoms with E-state index < -0.39 is 0 Å². The van der Waals surface area contributed by atoms with Crippen molar-refractivity contribution in [1.82, 2.24) is 4.57 Å². The van der Waals surface area contributed by atoms with Crippen LogP contribution in [0.1, 0.15) is 11.3 Å². The highest BCUT2D eigenvalue weighted by atomic mass is 16.3. The van der Waals surface area contributed by atoms with Gasteiger partial charge in [-0.1, -0.05) is 49.1 Å². The lowest BCUT2D eigenvalue weighted by molar-refractivity contribution is 0.669. The second-order valence-corrected chi connectivity index (χ2v) is 6.31. The van der Waals surface area contributed by atoms with Crippen LogP contribution in [0.4, 0.5) is 0 Å². The number of hydrogen-bond acceptors (Lipinski definition) is 1. The minimum absolute atomic E-state index is 0.919. The SMILES string of the molecule is C=Cc1c(C)n(-c2ccccc2)c2ccc3oc4ccccc4c3c12. The first-order valence-electron chi connectivity index (χ1n) is 8.42. The van der Waals surface area contributed by atoms with Gasteiger partial charge in [0.05, 0.1) is 5.52 Å². The molecule has 0 aliphatic rings. The van der Waals surface area contributed by atoms with E-state index in [1.54, 1.807) is 0 Å². The quantitative estimate of drug-likeness (QED) is 0.363. The summed E-state index contributed by atoms with van der Waals surface area (Å²) in [5.41, 5.74) is 6.53. The van der Waals surface area contributed by atoms with Crippen molar-refractivity contribution in [3.8, 4) is 5.69 Å². The van der Waals surface area contributed by atoms with Gasteiger partial charge in [0.15, 0.2) is 0 Å². The van der Waals surface area contributed by atoms with Crippen molar-refractivity contribution in [2.75, 3.05) is 0 Å². The maximum Gasteiger partial charge on any atom is 0.136 e. The minimum atomic E-state index is 0.919. The fourth-order valence-corrected chi connectivity index (χ4v) is 3.91. The third-order valence-corrected chi connectivity index (χ3v) is 4.98. The van der Waals surface area contributed by atoms with Gasteiger partial charge in [0.25, 0.3) is 0 Å². The van der Waals surface area contributed by atoms with Crippen LogP contribution in [0.15, 0.2) is 77.7 Å². The van der Waals surface area contributed by atoms with Crippen molar-refractivity contribution in [1.29, 1.82) is 0 Å². The largest absolute Gasteiger partial charge is 0.456 e. The van der Waals surface area contributed by atoms with E-state index in [9.17, 15) is 0 Å². The van der Waals surface area contributed by atoms with Crippen LogP contribution in [0.25, 0.3) is 44.6 Å². The summed E-state index contributed by atoms with van der Waals surface area (Å²) in [6.45, 7) is 6.23. The molecular weight excluding hydrogens is 306 g/mol. The topological polar surface area (TPSA) is 18.1 Å². The summed E-state index contributed by atoms with van der Waals surface area (Å²) in [4.78, 5) is 0. The van der Waals surface area contributed by atoms with E-state index in [1.165, 1.54) is 22.0 Å². The number of hydrogen-bond donors (Lipinski definition) is 0. The monoisotopic (exact) mass is 323 g/mol. The third kappa shape index (κ3) is 1.85. The molecule has 0 saturated heterocycles. The molecular formula is C23H17NO. The van der Waals surface area contributed by atoms with E-state index in [2.05, 4.69) is 66.6 Å². The highest BCUT2D eigenvalue weighted by Crippen LogP contribution is 2.39. The normalized spacial score (nSPS) is 11.6. The standard InChI is InChI=1S/C23H17NO/c1-3-17-15(2)24(16-9-5-4-6-10-16)19-13-14-21-23(22(17)19)18-11-7-8-12-20(18)25-21/h3-14H,1H2,2H3. The van der Waals surface area contributed by atoms with E-state index >= 15 is 0 Å². The van der Waals surface area contributed by atoms with Crippen molar-refractivity contribution in [3.63, 3.8) is 0 Å². The van der Waals surface area contributed by atoms with Crippen LogP contribution < -0.4 is 0 Å². The Morgan fingerprint density at radius 2 is 1.60 bits per heavy atom. The average Bonchev–Trinajstić information content (AvgIpc) is 3.16. The van der Waals surface area contributed by atoms with Crippen LogP contribution in [0, 0.1) is 6.92 Å². The number of nitrogens with zero attached hydrogens (tertiary/aromatic N) is 1. The molecule has 0 atom stereocenters. The molecule has 2 nitrogen and oxygen atoms in total. The zero-order valence-corrected chi connectivity index (χ0v) is 14.0. The van der Waals surface area contributed by atoms with Gasteiger partial charge in [0.1, 0.15) is 11.2 Å². The Bertz CT molecular complexity index is 1260. The van der Waals surface area contributed by atoms with E-state index in [4.69, 9.17) is 4.42 Å². The first-order valence-corrected chi connectivity index (χ1v) is 8.42. The molecule has 2 heteroatoms. The molecule has 0 unspecified atom stereocenters. The average molecular weight is 323 g/mol. The molecule has 5 rings (SSSR count). The number of benzene rings is 3. The van der Waals surface area contributed by atoms with Gasteiger partial charge >= 0.3 is 0 Å². The van der Waals surface area contributed by atoms with Gasteiger partial charge in [-0.05, 0) is 37.3 Å². The first-order chi connectivity index (χ1) is 12.3. The van der Waals surface area contributed by atoms with Gasteiger partial charge in [-0.25, -0.2) is 0 Å². The highest BCUT2D eigenvalue weighted by Gasteiger charge is 2.19. The van der Waals surface area contributed by atoms with Gasteiger partial charge in [0.2, 0.25) is 0 Å². The zero-order chi connectivity index (χ0) is 17.0. The molecule has 25 heavy (non-hydrogen) atoms.